The molecule has 0 spiro atoms. The third-order valence-electron chi connectivity index (χ3n) is 2.01. The van der Waals surface area contributed by atoms with Gasteiger partial charge in [-0.3, -0.25) is 0 Å². The van der Waals surface area contributed by atoms with Crippen molar-refractivity contribution in [2.24, 2.45) is 0 Å². The van der Waals surface area contributed by atoms with Gasteiger partial charge in [0, 0.05) is 10.5 Å². The van der Waals surface area contributed by atoms with Crippen LogP contribution in [0.15, 0.2) is 46.9 Å². The molecule has 0 aliphatic heterocycles. The molecular formula is C14H9BrNO. The van der Waals surface area contributed by atoms with Crippen molar-refractivity contribution < 1.29 is 4.74 Å². The molecule has 0 fully saturated rings. The van der Waals surface area contributed by atoms with Gasteiger partial charge in [0.15, 0.2) is 0 Å². The van der Waals surface area contributed by atoms with Crippen LogP contribution < -0.4 is 4.74 Å². The maximum atomic E-state index is 5.60. The van der Waals surface area contributed by atoms with Crippen molar-refractivity contribution in [3.8, 4) is 24.0 Å². The Kier molecular flexibility index (Phi) is 3.79. The lowest BCUT2D eigenvalue weighted by Crippen LogP contribution is -1.91. The maximum absolute atomic E-state index is 5.60. The lowest BCUT2D eigenvalue weighted by atomic mass is 10.3. The summed E-state index contributed by atoms with van der Waals surface area (Å²) in [6.45, 7) is 0. The van der Waals surface area contributed by atoms with Crippen molar-refractivity contribution in [1.29, 1.82) is 0 Å². The molecule has 1 aromatic heterocycles. The molecule has 2 nitrogen and oxygen atoms in total. The van der Waals surface area contributed by atoms with Gasteiger partial charge in [0.05, 0.1) is 12.1 Å². The third kappa shape index (κ3) is 3.33. The largest absolute Gasteiger partial charge is 0.439 e. The standard InChI is InChI=1S/C14H9BrNO/c1-2-4-12-5-3-6-14(16-12)17-13-9-7-11(15)8-10-13/h1,3-10H. The van der Waals surface area contributed by atoms with Gasteiger partial charge in [-0.1, -0.05) is 27.9 Å². The zero-order valence-corrected chi connectivity index (χ0v) is 10.5. The van der Waals surface area contributed by atoms with Gasteiger partial charge in [-0.25, -0.2) is 4.98 Å². The lowest BCUT2D eigenvalue weighted by Gasteiger charge is -2.05. The van der Waals surface area contributed by atoms with E-state index in [2.05, 4.69) is 26.8 Å². The van der Waals surface area contributed by atoms with Gasteiger partial charge in [-0.05, 0) is 30.3 Å². The Morgan fingerprint density at radius 3 is 2.65 bits per heavy atom. The molecule has 83 valence electrons. The van der Waals surface area contributed by atoms with Gasteiger partial charge in [0.2, 0.25) is 5.88 Å². The summed E-state index contributed by atoms with van der Waals surface area (Å²) in [6, 6.07) is 13.0. The molecule has 1 heterocycles. The first kappa shape index (κ1) is 11.7. The number of terminal acetylenes is 1. The Bertz CT molecular complexity index is 543. The second kappa shape index (κ2) is 5.51. The van der Waals surface area contributed by atoms with Crippen molar-refractivity contribution in [2.75, 3.05) is 0 Å². The van der Waals surface area contributed by atoms with Crippen LogP contribution in [0.3, 0.4) is 0 Å². The number of benzene rings is 1. The minimum absolute atomic E-state index is 0.524. The molecule has 2 rings (SSSR count). The summed E-state index contributed by atoms with van der Waals surface area (Å²) in [5, 5.41) is 0. The summed E-state index contributed by atoms with van der Waals surface area (Å²) >= 11 is 3.36. The molecule has 0 saturated carbocycles. The first-order valence-corrected chi connectivity index (χ1v) is 5.77. The average Bonchev–Trinajstić information content (AvgIpc) is 2.33. The molecule has 0 unspecified atom stereocenters. The van der Waals surface area contributed by atoms with Gasteiger partial charge >= 0.3 is 0 Å². The topological polar surface area (TPSA) is 22.1 Å². The number of pyridine rings is 1. The molecule has 0 N–H and O–H groups in total. The van der Waals surface area contributed by atoms with Crippen molar-refractivity contribution in [3.05, 3.63) is 59.1 Å². The molecular weight excluding hydrogens is 278 g/mol. The van der Waals surface area contributed by atoms with E-state index in [1.807, 2.05) is 36.4 Å². The quantitative estimate of drug-likeness (QED) is 0.801. The summed E-state index contributed by atoms with van der Waals surface area (Å²) in [4.78, 5) is 4.25. The zero-order chi connectivity index (χ0) is 12.1. The predicted molar refractivity (Wildman–Crippen MR) is 70.7 cm³/mol. The van der Waals surface area contributed by atoms with Crippen molar-refractivity contribution in [3.63, 3.8) is 0 Å². The Hall–Kier alpha value is -1.79. The second-order valence-electron chi connectivity index (χ2n) is 3.27. The molecule has 3 heteroatoms. The van der Waals surface area contributed by atoms with Crippen LogP contribution in [-0.4, -0.2) is 4.98 Å². The number of hydrogen-bond donors (Lipinski definition) is 0. The van der Waals surface area contributed by atoms with E-state index < -0.39 is 0 Å². The van der Waals surface area contributed by atoms with Gasteiger partial charge in [0.25, 0.3) is 0 Å². The first-order valence-electron chi connectivity index (χ1n) is 4.98. The highest BCUT2D eigenvalue weighted by atomic mass is 79.9. The number of halogens is 1. The minimum atomic E-state index is 0.524. The van der Waals surface area contributed by atoms with Crippen LogP contribution in [0.25, 0.3) is 0 Å². The van der Waals surface area contributed by atoms with Gasteiger partial charge < -0.3 is 4.74 Å². The van der Waals surface area contributed by atoms with E-state index >= 15 is 0 Å². The van der Waals surface area contributed by atoms with Gasteiger partial charge in [-0.2, -0.15) is 0 Å². The van der Waals surface area contributed by atoms with E-state index in [1.54, 1.807) is 12.5 Å². The van der Waals surface area contributed by atoms with Gasteiger partial charge in [-0.15, -0.1) is 6.42 Å². The fourth-order valence-electron chi connectivity index (χ4n) is 1.28. The van der Waals surface area contributed by atoms with E-state index in [9.17, 15) is 0 Å². The highest BCUT2D eigenvalue weighted by Gasteiger charge is 2.00. The molecule has 0 aliphatic rings. The molecule has 0 aliphatic carbocycles. The molecule has 17 heavy (non-hydrogen) atoms. The summed E-state index contributed by atoms with van der Waals surface area (Å²) in [5.74, 6) is 3.69. The SMILES string of the molecule is C#C[CH]c1cccc(Oc2ccc(Br)cc2)n1. The molecule has 1 aromatic carbocycles. The Balaban J connectivity index is 2.16. The Morgan fingerprint density at radius 2 is 1.94 bits per heavy atom. The molecule has 1 radical (unpaired) electrons. The lowest BCUT2D eigenvalue weighted by molar-refractivity contribution is 0.462. The van der Waals surface area contributed by atoms with E-state index in [0.717, 1.165) is 10.2 Å². The predicted octanol–water partition coefficient (Wildman–Crippen LogP) is 3.82. The number of ether oxygens (including phenoxy) is 1. The van der Waals surface area contributed by atoms with Crippen LogP contribution in [0.4, 0.5) is 0 Å². The van der Waals surface area contributed by atoms with E-state index in [4.69, 9.17) is 11.2 Å². The number of hydrogen-bond acceptors (Lipinski definition) is 2. The van der Waals surface area contributed by atoms with E-state index in [1.165, 1.54) is 0 Å². The zero-order valence-electron chi connectivity index (χ0n) is 8.93. The summed E-state index contributed by atoms with van der Waals surface area (Å²) < 4.78 is 6.61. The van der Waals surface area contributed by atoms with Crippen LogP contribution in [0.2, 0.25) is 0 Å². The number of aromatic nitrogens is 1. The summed E-state index contributed by atoms with van der Waals surface area (Å²) in [6.07, 6.45) is 6.78. The molecule has 0 saturated heterocycles. The van der Waals surface area contributed by atoms with E-state index in [0.29, 0.717) is 11.6 Å². The Morgan fingerprint density at radius 1 is 1.18 bits per heavy atom. The summed E-state index contributed by atoms with van der Waals surface area (Å²) in [5.41, 5.74) is 0.710. The molecule has 2 aromatic rings. The number of nitrogens with zero attached hydrogens (tertiary/aromatic N) is 1. The number of rotatable bonds is 3. The van der Waals surface area contributed by atoms with Crippen LogP contribution in [0, 0.1) is 18.8 Å². The maximum Gasteiger partial charge on any atom is 0.219 e. The Labute approximate surface area is 109 Å². The van der Waals surface area contributed by atoms with Crippen LogP contribution in [-0.2, 0) is 0 Å². The van der Waals surface area contributed by atoms with Crippen LogP contribution >= 0.6 is 15.9 Å². The molecule has 0 atom stereocenters. The summed E-state index contributed by atoms with van der Waals surface area (Å²) in [7, 11) is 0. The van der Waals surface area contributed by atoms with Crippen molar-refractivity contribution >= 4 is 15.9 Å². The first-order chi connectivity index (χ1) is 8.28. The smallest absolute Gasteiger partial charge is 0.219 e. The fourth-order valence-corrected chi connectivity index (χ4v) is 1.54. The fraction of sp³-hybridized carbons (Fsp3) is 0. The molecule has 0 bridgehead atoms. The van der Waals surface area contributed by atoms with Crippen LogP contribution in [0.5, 0.6) is 11.6 Å². The molecule has 0 amide bonds. The van der Waals surface area contributed by atoms with E-state index in [-0.39, 0.29) is 0 Å². The highest BCUT2D eigenvalue weighted by Crippen LogP contribution is 2.21. The van der Waals surface area contributed by atoms with Gasteiger partial charge in [0.1, 0.15) is 5.75 Å². The average molecular weight is 287 g/mol. The third-order valence-corrected chi connectivity index (χ3v) is 2.54. The minimum Gasteiger partial charge on any atom is -0.439 e. The van der Waals surface area contributed by atoms with Crippen molar-refractivity contribution in [2.45, 2.75) is 0 Å². The monoisotopic (exact) mass is 286 g/mol. The highest BCUT2D eigenvalue weighted by molar-refractivity contribution is 9.10. The van der Waals surface area contributed by atoms with Crippen LogP contribution in [0.1, 0.15) is 5.69 Å². The second-order valence-corrected chi connectivity index (χ2v) is 4.18. The normalized spacial score (nSPS) is 9.65. The van der Waals surface area contributed by atoms with Crippen molar-refractivity contribution in [1.82, 2.24) is 4.98 Å².